The molecule has 40 heavy (non-hydrogen) atoms. The van der Waals surface area contributed by atoms with Gasteiger partial charge in [-0.25, -0.2) is 4.68 Å². The Morgan fingerprint density at radius 1 is 0.975 bits per heavy atom. The highest BCUT2D eigenvalue weighted by molar-refractivity contribution is 5.47. The normalized spacial score (nSPS) is 21.2. The molecule has 2 aromatic carbocycles. The second-order valence-electron chi connectivity index (χ2n) is 10.5. The van der Waals surface area contributed by atoms with Gasteiger partial charge < -0.3 is 18.9 Å². The summed E-state index contributed by atoms with van der Waals surface area (Å²) in [6, 6.07) is 11.0. The van der Waals surface area contributed by atoms with E-state index >= 15 is 0 Å². The number of halogens is 5. The van der Waals surface area contributed by atoms with E-state index < -0.39 is 30.4 Å². The number of fused-ring (bicyclic) bond motifs is 2. The lowest BCUT2D eigenvalue weighted by atomic mass is 9.91. The van der Waals surface area contributed by atoms with E-state index in [9.17, 15) is 22.0 Å². The third kappa shape index (κ3) is 5.35. The van der Waals surface area contributed by atoms with Crippen LogP contribution in [-0.2, 0) is 17.3 Å². The number of ether oxygens (including phenoxy) is 4. The summed E-state index contributed by atoms with van der Waals surface area (Å²) in [6.07, 6.45) is -2.78. The van der Waals surface area contributed by atoms with E-state index in [0.29, 0.717) is 35.5 Å². The molecule has 0 amide bonds. The van der Waals surface area contributed by atoms with Crippen molar-refractivity contribution in [1.29, 1.82) is 0 Å². The van der Waals surface area contributed by atoms with Gasteiger partial charge in [0.05, 0.1) is 17.5 Å². The molecule has 1 unspecified atom stereocenters. The lowest BCUT2D eigenvalue weighted by molar-refractivity contribution is -0.286. The maximum atomic E-state index is 14.1. The van der Waals surface area contributed by atoms with E-state index in [4.69, 9.17) is 9.47 Å². The predicted octanol–water partition coefficient (Wildman–Crippen LogP) is 8.08. The van der Waals surface area contributed by atoms with Crippen LogP contribution >= 0.6 is 0 Å². The Bertz CT molecular complexity index is 1380. The van der Waals surface area contributed by atoms with Crippen molar-refractivity contribution in [1.82, 2.24) is 9.78 Å². The molecular formula is C29H29F5N2O4. The minimum atomic E-state index is -4.60. The summed E-state index contributed by atoms with van der Waals surface area (Å²) < 4.78 is 91.8. The summed E-state index contributed by atoms with van der Waals surface area (Å²) in [5.74, 6) is 0.210. The molecule has 3 aromatic rings. The number of aromatic nitrogens is 2. The molecule has 6 nitrogen and oxygen atoms in total. The number of benzene rings is 2. The van der Waals surface area contributed by atoms with Crippen molar-refractivity contribution in [3.8, 4) is 22.9 Å². The molecule has 2 aliphatic carbocycles. The molecule has 0 saturated heterocycles. The second-order valence-corrected chi connectivity index (χ2v) is 10.5. The smallest absolute Gasteiger partial charge is 0.486 e. The van der Waals surface area contributed by atoms with Gasteiger partial charge in [-0.1, -0.05) is 31.4 Å². The van der Waals surface area contributed by atoms with Gasteiger partial charge >= 0.3 is 12.5 Å². The van der Waals surface area contributed by atoms with Gasteiger partial charge in [0.15, 0.2) is 17.2 Å². The van der Waals surface area contributed by atoms with Gasteiger partial charge in [-0.3, -0.25) is 0 Å². The van der Waals surface area contributed by atoms with Crippen molar-refractivity contribution in [2.24, 2.45) is 0 Å². The molecule has 1 aliphatic heterocycles. The van der Waals surface area contributed by atoms with Crippen molar-refractivity contribution in [2.75, 3.05) is 0 Å². The molecule has 2 heterocycles. The first kappa shape index (κ1) is 26.9. The van der Waals surface area contributed by atoms with E-state index in [0.717, 1.165) is 32.1 Å². The van der Waals surface area contributed by atoms with Crippen molar-refractivity contribution < 1.29 is 40.9 Å². The van der Waals surface area contributed by atoms with Crippen molar-refractivity contribution in [3.05, 3.63) is 65.0 Å². The van der Waals surface area contributed by atoms with Crippen molar-refractivity contribution in [3.63, 3.8) is 0 Å². The Morgan fingerprint density at radius 3 is 2.52 bits per heavy atom. The highest BCUT2D eigenvalue weighted by atomic mass is 19.4. The van der Waals surface area contributed by atoms with Crippen LogP contribution in [0.3, 0.4) is 0 Å². The van der Waals surface area contributed by atoms with Crippen LogP contribution in [-0.4, -0.2) is 22.2 Å². The average molecular weight is 565 g/mol. The Kier molecular flexibility index (Phi) is 6.88. The minimum Gasteiger partial charge on any atom is -0.486 e. The van der Waals surface area contributed by atoms with Crippen LogP contribution in [0.5, 0.6) is 17.2 Å². The third-order valence-corrected chi connectivity index (χ3v) is 7.67. The summed E-state index contributed by atoms with van der Waals surface area (Å²) >= 11 is 0. The van der Waals surface area contributed by atoms with Crippen LogP contribution in [0.1, 0.15) is 86.6 Å². The molecule has 3 aliphatic rings. The number of hydrogen-bond acceptors (Lipinski definition) is 5. The van der Waals surface area contributed by atoms with Crippen LogP contribution in [0.25, 0.3) is 5.69 Å². The first-order chi connectivity index (χ1) is 19.1. The van der Waals surface area contributed by atoms with Crippen LogP contribution in [0, 0.1) is 0 Å². The molecule has 1 fully saturated rings. The van der Waals surface area contributed by atoms with Crippen molar-refractivity contribution >= 4 is 0 Å². The van der Waals surface area contributed by atoms with Gasteiger partial charge in [0.1, 0.15) is 18.0 Å². The van der Waals surface area contributed by atoms with Crippen LogP contribution in [0.2, 0.25) is 0 Å². The molecule has 214 valence electrons. The average Bonchev–Trinajstić information content (AvgIpc) is 3.46. The lowest BCUT2D eigenvalue weighted by Crippen LogP contribution is -2.25. The van der Waals surface area contributed by atoms with Gasteiger partial charge in [0.25, 0.3) is 0 Å². The van der Waals surface area contributed by atoms with Crippen molar-refractivity contribution in [2.45, 2.75) is 89.1 Å². The third-order valence-electron chi connectivity index (χ3n) is 7.67. The molecule has 11 heteroatoms. The fraction of sp³-hybridized carbons (Fsp3) is 0.483. The number of rotatable bonds is 6. The highest BCUT2D eigenvalue weighted by Gasteiger charge is 2.44. The standard InChI is InChI=1S/C29H29F5N2O4/c1-17(18-13-14-23-25(15-18)40-29(33,34)39-23)37-21-10-5-7-19(16-21)36-26-22(27(35-36)28(30,31)32)11-6-12-24(26)38-20-8-3-2-4-9-20/h5,7,10,13-17,20,24H,2-4,6,8-9,11-12H2,1H3/t17-,24?/m1/s1. The van der Waals surface area contributed by atoms with Crippen LogP contribution in [0.15, 0.2) is 42.5 Å². The number of nitrogens with zero attached hydrogens (tertiary/aromatic N) is 2. The highest BCUT2D eigenvalue weighted by Crippen LogP contribution is 2.44. The van der Waals surface area contributed by atoms with Gasteiger partial charge in [-0.05, 0) is 68.9 Å². The topological polar surface area (TPSA) is 54.7 Å². The van der Waals surface area contributed by atoms with E-state index in [1.54, 1.807) is 37.3 Å². The molecule has 1 saturated carbocycles. The van der Waals surface area contributed by atoms with Crippen LogP contribution < -0.4 is 14.2 Å². The first-order valence-electron chi connectivity index (χ1n) is 13.6. The van der Waals surface area contributed by atoms with E-state index in [2.05, 4.69) is 14.6 Å². The summed E-state index contributed by atoms with van der Waals surface area (Å²) in [6.45, 7) is 1.73. The Morgan fingerprint density at radius 2 is 1.75 bits per heavy atom. The van der Waals surface area contributed by atoms with Gasteiger partial charge in [-0.2, -0.15) is 18.3 Å². The van der Waals surface area contributed by atoms with Gasteiger partial charge in [0, 0.05) is 11.6 Å². The van der Waals surface area contributed by atoms with E-state index in [1.165, 1.54) is 16.8 Å². The molecule has 6 rings (SSSR count). The fourth-order valence-electron chi connectivity index (χ4n) is 5.81. The summed E-state index contributed by atoms with van der Waals surface area (Å²) in [5.41, 5.74) is 0.738. The second kappa shape index (κ2) is 10.2. The SMILES string of the molecule is C[C@@H](Oc1cccc(-n2nc(C(F)(F)F)c3c2C(OC2CCCCC2)CCC3)c1)c1ccc2c(c1)OC(F)(F)O2. The Labute approximate surface area is 228 Å². The molecule has 0 N–H and O–H groups in total. The predicted molar refractivity (Wildman–Crippen MR) is 134 cm³/mol. The Balaban J connectivity index is 1.30. The number of hydrogen-bond donors (Lipinski definition) is 0. The van der Waals surface area contributed by atoms with E-state index in [-0.39, 0.29) is 29.6 Å². The quantitative estimate of drug-likeness (QED) is 0.283. The zero-order valence-electron chi connectivity index (χ0n) is 21.8. The maximum absolute atomic E-state index is 14.1. The molecule has 0 radical (unpaired) electrons. The first-order valence-corrected chi connectivity index (χ1v) is 13.6. The minimum absolute atomic E-state index is 0.0274. The molecular weight excluding hydrogens is 535 g/mol. The van der Waals surface area contributed by atoms with Gasteiger partial charge in [-0.15, -0.1) is 8.78 Å². The van der Waals surface area contributed by atoms with E-state index in [1.807, 2.05) is 0 Å². The molecule has 0 spiro atoms. The monoisotopic (exact) mass is 564 g/mol. The zero-order valence-corrected chi connectivity index (χ0v) is 21.8. The summed E-state index contributed by atoms with van der Waals surface area (Å²) in [5, 5.41) is 4.06. The molecule has 2 atom stereocenters. The summed E-state index contributed by atoms with van der Waals surface area (Å²) in [4.78, 5) is 0. The number of alkyl halides is 5. The fourth-order valence-corrected chi connectivity index (χ4v) is 5.81. The zero-order chi connectivity index (χ0) is 28.1. The lowest BCUT2D eigenvalue weighted by Gasteiger charge is -2.31. The van der Waals surface area contributed by atoms with Crippen LogP contribution in [0.4, 0.5) is 22.0 Å². The molecule has 0 bridgehead atoms. The largest absolute Gasteiger partial charge is 0.586 e. The van der Waals surface area contributed by atoms with Gasteiger partial charge in [0.2, 0.25) is 0 Å². The Hall–Kier alpha value is -3.34. The maximum Gasteiger partial charge on any atom is 0.586 e. The molecule has 1 aromatic heterocycles. The summed E-state index contributed by atoms with van der Waals surface area (Å²) in [7, 11) is 0.